The van der Waals surface area contributed by atoms with Gasteiger partial charge in [0.25, 0.3) is 0 Å². The molecule has 0 heterocycles. The molecule has 0 aliphatic heterocycles. The van der Waals surface area contributed by atoms with Gasteiger partial charge in [0.05, 0.1) is 10.5 Å². The molecular formula is C32H32N2O4S. The van der Waals surface area contributed by atoms with Crippen LogP contribution < -0.4 is 20.1 Å². The van der Waals surface area contributed by atoms with E-state index in [0.29, 0.717) is 24.6 Å². The first kappa shape index (κ1) is 27.8. The molecule has 0 radical (unpaired) electrons. The lowest BCUT2D eigenvalue weighted by atomic mass is 10.2. The summed E-state index contributed by atoms with van der Waals surface area (Å²) in [6.07, 6.45) is 0. The highest BCUT2D eigenvalue weighted by Gasteiger charge is 2.22. The first-order valence-electron chi connectivity index (χ1n) is 12.8. The SMILES string of the molecule is C[C@H](S[C@@H](C)C(=O)Nc1ccc(OCc2ccccc2)cc1)C(=O)Nc1ccc(OCc2ccccc2)cc1. The largest absolute Gasteiger partial charge is 0.489 e. The molecule has 4 aromatic carbocycles. The molecule has 7 heteroatoms. The number of amides is 2. The molecule has 0 spiro atoms. The predicted molar refractivity (Wildman–Crippen MR) is 158 cm³/mol. The third-order valence-corrected chi connectivity index (χ3v) is 7.13. The zero-order chi connectivity index (χ0) is 27.5. The molecule has 2 atom stereocenters. The molecule has 0 fully saturated rings. The molecule has 0 unspecified atom stereocenters. The van der Waals surface area contributed by atoms with Crippen molar-refractivity contribution in [1.29, 1.82) is 0 Å². The van der Waals surface area contributed by atoms with Crippen molar-refractivity contribution in [2.45, 2.75) is 37.6 Å². The highest BCUT2D eigenvalue weighted by atomic mass is 32.2. The maximum atomic E-state index is 12.7. The number of carbonyl (C=O) groups excluding carboxylic acids is 2. The molecule has 4 rings (SSSR count). The van der Waals surface area contributed by atoms with E-state index < -0.39 is 10.5 Å². The van der Waals surface area contributed by atoms with E-state index >= 15 is 0 Å². The van der Waals surface area contributed by atoms with Crippen molar-refractivity contribution in [2.24, 2.45) is 0 Å². The van der Waals surface area contributed by atoms with Gasteiger partial charge in [-0.1, -0.05) is 60.7 Å². The van der Waals surface area contributed by atoms with E-state index in [2.05, 4.69) is 10.6 Å². The molecular weight excluding hydrogens is 508 g/mol. The summed E-state index contributed by atoms with van der Waals surface area (Å²) in [6, 6.07) is 34.4. The maximum Gasteiger partial charge on any atom is 0.237 e. The topological polar surface area (TPSA) is 76.7 Å². The molecule has 0 saturated carbocycles. The molecule has 0 bridgehead atoms. The molecule has 39 heavy (non-hydrogen) atoms. The summed E-state index contributed by atoms with van der Waals surface area (Å²) in [5.41, 5.74) is 3.52. The normalized spacial score (nSPS) is 12.2. The molecule has 2 N–H and O–H groups in total. The van der Waals surface area contributed by atoms with Crippen LogP contribution in [0.25, 0.3) is 0 Å². The van der Waals surface area contributed by atoms with Gasteiger partial charge in [0.2, 0.25) is 11.8 Å². The van der Waals surface area contributed by atoms with Crippen molar-refractivity contribution in [3.8, 4) is 11.5 Å². The van der Waals surface area contributed by atoms with Gasteiger partial charge in [-0.2, -0.15) is 0 Å². The van der Waals surface area contributed by atoms with E-state index in [4.69, 9.17) is 9.47 Å². The Morgan fingerprint density at radius 2 is 0.949 bits per heavy atom. The predicted octanol–water partition coefficient (Wildman–Crippen LogP) is 6.93. The number of rotatable bonds is 12. The van der Waals surface area contributed by atoms with E-state index in [1.165, 1.54) is 11.8 Å². The Labute approximate surface area is 233 Å². The number of ether oxygens (including phenoxy) is 2. The van der Waals surface area contributed by atoms with Crippen LogP contribution in [0.5, 0.6) is 11.5 Å². The third-order valence-electron chi connectivity index (χ3n) is 5.89. The van der Waals surface area contributed by atoms with E-state index in [0.717, 1.165) is 22.6 Å². The van der Waals surface area contributed by atoms with Crippen LogP contribution in [0.3, 0.4) is 0 Å². The third kappa shape index (κ3) is 8.93. The smallest absolute Gasteiger partial charge is 0.237 e. The van der Waals surface area contributed by atoms with Crippen molar-refractivity contribution in [2.75, 3.05) is 10.6 Å². The van der Waals surface area contributed by atoms with Crippen LogP contribution in [-0.2, 0) is 22.8 Å². The van der Waals surface area contributed by atoms with E-state index in [-0.39, 0.29) is 11.8 Å². The number of carbonyl (C=O) groups is 2. The number of nitrogens with one attached hydrogen (secondary N) is 2. The van der Waals surface area contributed by atoms with E-state index in [1.807, 2.05) is 84.9 Å². The van der Waals surface area contributed by atoms with Crippen LogP contribution in [0, 0.1) is 0 Å². The number of hydrogen-bond donors (Lipinski definition) is 2. The van der Waals surface area contributed by atoms with Crippen LogP contribution >= 0.6 is 11.8 Å². The van der Waals surface area contributed by atoms with Crippen LogP contribution in [-0.4, -0.2) is 22.3 Å². The van der Waals surface area contributed by atoms with Crippen molar-refractivity contribution < 1.29 is 19.1 Å². The van der Waals surface area contributed by atoms with Gasteiger partial charge in [0, 0.05) is 11.4 Å². The zero-order valence-electron chi connectivity index (χ0n) is 22.0. The Hall–Kier alpha value is -4.23. The van der Waals surface area contributed by atoms with Crippen molar-refractivity contribution in [3.05, 3.63) is 120 Å². The summed E-state index contributed by atoms with van der Waals surface area (Å²) < 4.78 is 11.6. The average Bonchev–Trinajstić information content (AvgIpc) is 2.97. The van der Waals surface area contributed by atoms with Crippen LogP contribution in [0.15, 0.2) is 109 Å². The fraction of sp³-hybridized carbons (Fsp3) is 0.188. The molecule has 6 nitrogen and oxygen atoms in total. The fourth-order valence-corrected chi connectivity index (χ4v) is 4.65. The molecule has 0 saturated heterocycles. The molecule has 0 aliphatic carbocycles. The Kier molecular flexibility index (Phi) is 10.0. The van der Waals surface area contributed by atoms with Gasteiger partial charge in [0.1, 0.15) is 24.7 Å². The molecule has 0 aliphatic rings. The van der Waals surface area contributed by atoms with Crippen LogP contribution in [0.1, 0.15) is 25.0 Å². The van der Waals surface area contributed by atoms with Gasteiger partial charge in [-0.25, -0.2) is 0 Å². The Morgan fingerprint density at radius 1 is 0.590 bits per heavy atom. The van der Waals surface area contributed by atoms with Gasteiger partial charge in [-0.05, 0) is 73.5 Å². The van der Waals surface area contributed by atoms with Gasteiger partial charge in [-0.3, -0.25) is 9.59 Å². The Morgan fingerprint density at radius 3 is 1.31 bits per heavy atom. The minimum absolute atomic E-state index is 0.169. The molecule has 0 aromatic heterocycles. The molecule has 4 aromatic rings. The van der Waals surface area contributed by atoms with Gasteiger partial charge in [-0.15, -0.1) is 11.8 Å². The summed E-state index contributed by atoms with van der Waals surface area (Å²) >= 11 is 1.30. The summed E-state index contributed by atoms with van der Waals surface area (Å²) in [5, 5.41) is 4.97. The van der Waals surface area contributed by atoms with Crippen molar-refractivity contribution >= 4 is 35.0 Å². The second kappa shape index (κ2) is 14.1. The van der Waals surface area contributed by atoms with Gasteiger partial charge >= 0.3 is 0 Å². The summed E-state index contributed by atoms with van der Waals surface area (Å²) in [7, 11) is 0. The van der Waals surface area contributed by atoms with E-state index in [1.54, 1.807) is 38.1 Å². The number of hydrogen-bond acceptors (Lipinski definition) is 5. The second-order valence-corrected chi connectivity index (χ2v) is 10.7. The lowest BCUT2D eigenvalue weighted by Crippen LogP contribution is -2.29. The number of thioether (sulfide) groups is 1. The van der Waals surface area contributed by atoms with Crippen LogP contribution in [0.4, 0.5) is 11.4 Å². The Bertz CT molecular complexity index is 1230. The van der Waals surface area contributed by atoms with E-state index in [9.17, 15) is 9.59 Å². The monoisotopic (exact) mass is 540 g/mol. The molecule has 2 amide bonds. The average molecular weight is 541 g/mol. The van der Waals surface area contributed by atoms with Gasteiger partial charge in [0.15, 0.2) is 0 Å². The maximum absolute atomic E-state index is 12.7. The first-order chi connectivity index (χ1) is 19.0. The van der Waals surface area contributed by atoms with Crippen molar-refractivity contribution in [1.82, 2.24) is 0 Å². The van der Waals surface area contributed by atoms with Gasteiger partial charge < -0.3 is 20.1 Å². The lowest BCUT2D eigenvalue weighted by molar-refractivity contribution is -0.115. The highest BCUT2D eigenvalue weighted by Crippen LogP contribution is 2.23. The van der Waals surface area contributed by atoms with Crippen molar-refractivity contribution in [3.63, 3.8) is 0 Å². The highest BCUT2D eigenvalue weighted by molar-refractivity contribution is 8.01. The first-order valence-corrected chi connectivity index (χ1v) is 13.7. The summed E-state index contributed by atoms with van der Waals surface area (Å²) in [4.78, 5) is 25.4. The summed E-state index contributed by atoms with van der Waals surface area (Å²) in [5.74, 6) is 1.11. The summed E-state index contributed by atoms with van der Waals surface area (Å²) in [6.45, 7) is 4.54. The standard InChI is InChI=1S/C32H32N2O4S/c1-23(31(35)33-27-13-17-29(18-14-27)37-21-25-9-5-3-6-10-25)39-24(2)32(36)34-28-15-19-30(20-16-28)38-22-26-11-7-4-8-12-26/h3-20,23-24H,21-22H2,1-2H3,(H,33,35)(H,34,36)/t23-,24-/m0/s1. The fourth-order valence-electron chi connectivity index (χ4n) is 3.67. The quantitative estimate of drug-likeness (QED) is 0.204. The minimum Gasteiger partial charge on any atom is -0.489 e. The second-order valence-electron chi connectivity index (χ2n) is 9.00. The zero-order valence-corrected chi connectivity index (χ0v) is 22.8. The number of benzene rings is 4. The lowest BCUT2D eigenvalue weighted by Gasteiger charge is -2.17. The number of anilines is 2. The Balaban J connectivity index is 1.19. The molecule has 200 valence electrons. The minimum atomic E-state index is -0.423. The van der Waals surface area contributed by atoms with Crippen LogP contribution in [0.2, 0.25) is 0 Å².